The van der Waals surface area contributed by atoms with Crippen molar-refractivity contribution in [3.63, 3.8) is 0 Å². The van der Waals surface area contributed by atoms with E-state index >= 15 is 0 Å². The molecule has 0 spiro atoms. The van der Waals surface area contributed by atoms with Crippen molar-refractivity contribution in [2.75, 3.05) is 25.4 Å². The zero-order valence-corrected chi connectivity index (χ0v) is 24.1. The summed E-state index contributed by atoms with van der Waals surface area (Å²) in [6.07, 6.45) is 12.2. The number of likely N-dealkylation sites (tertiary alicyclic amines) is 1. The van der Waals surface area contributed by atoms with E-state index in [1.807, 2.05) is 27.7 Å². The first kappa shape index (κ1) is 29.1. The van der Waals surface area contributed by atoms with Gasteiger partial charge in [0.15, 0.2) is 11.5 Å². The molecular formula is C31H49N5O. The Kier molecular flexibility index (Phi) is 10.9. The minimum absolute atomic E-state index is 0.348. The van der Waals surface area contributed by atoms with Gasteiger partial charge in [-0.25, -0.2) is 9.98 Å². The molecule has 0 radical (unpaired) electrons. The molecule has 204 valence electrons. The maximum atomic E-state index is 6.12. The SMILES string of the molecule is CC.CC1(C)Oc2ncnc(N)c2N=C1c1ccc(C2CCC(CN3CCCCC3)CC2)cc1.CCC. The summed E-state index contributed by atoms with van der Waals surface area (Å²) in [6.45, 7) is 16.2. The number of nitrogen functional groups attached to an aromatic ring is 1. The van der Waals surface area contributed by atoms with E-state index in [-0.39, 0.29) is 0 Å². The fourth-order valence-electron chi connectivity index (χ4n) is 5.60. The van der Waals surface area contributed by atoms with Crippen molar-refractivity contribution in [1.82, 2.24) is 14.9 Å². The lowest BCUT2D eigenvalue weighted by molar-refractivity contribution is 0.169. The Morgan fingerprint density at radius 1 is 0.946 bits per heavy atom. The number of nitrogens with two attached hydrogens (primary N) is 1. The van der Waals surface area contributed by atoms with Crippen LogP contribution in [-0.4, -0.2) is 45.8 Å². The quantitative estimate of drug-likeness (QED) is 0.462. The largest absolute Gasteiger partial charge is 0.463 e. The molecule has 6 nitrogen and oxygen atoms in total. The van der Waals surface area contributed by atoms with Gasteiger partial charge in [-0.15, -0.1) is 0 Å². The number of fused-ring (bicyclic) bond motifs is 1. The molecule has 1 aliphatic carbocycles. The van der Waals surface area contributed by atoms with Crippen molar-refractivity contribution in [3.05, 3.63) is 41.7 Å². The number of ether oxygens (including phenoxy) is 1. The summed E-state index contributed by atoms with van der Waals surface area (Å²) in [6, 6.07) is 8.93. The highest BCUT2D eigenvalue weighted by Gasteiger charge is 2.35. The zero-order valence-electron chi connectivity index (χ0n) is 24.1. The molecule has 2 fully saturated rings. The molecule has 0 amide bonds. The van der Waals surface area contributed by atoms with Crippen molar-refractivity contribution < 1.29 is 4.74 Å². The average Bonchev–Trinajstić information content (AvgIpc) is 2.91. The molecule has 0 bridgehead atoms. The van der Waals surface area contributed by atoms with Crippen molar-refractivity contribution in [2.45, 2.75) is 104 Å². The number of hydrogen-bond acceptors (Lipinski definition) is 6. The summed E-state index contributed by atoms with van der Waals surface area (Å²) < 4.78 is 6.12. The summed E-state index contributed by atoms with van der Waals surface area (Å²) >= 11 is 0. The minimum Gasteiger partial charge on any atom is -0.463 e. The van der Waals surface area contributed by atoms with Crippen LogP contribution in [0.25, 0.3) is 0 Å². The molecule has 1 saturated heterocycles. The van der Waals surface area contributed by atoms with Gasteiger partial charge in [0.1, 0.15) is 11.9 Å². The molecule has 3 heterocycles. The van der Waals surface area contributed by atoms with Crippen molar-refractivity contribution in [2.24, 2.45) is 10.9 Å². The van der Waals surface area contributed by atoms with Crippen molar-refractivity contribution in [3.8, 4) is 5.88 Å². The molecule has 6 heteroatoms. The second-order valence-corrected chi connectivity index (χ2v) is 10.9. The van der Waals surface area contributed by atoms with Gasteiger partial charge in [0.05, 0.1) is 5.71 Å². The van der Waals surface area contributed by atoms with Crippen LogP contribution in [0.1, 0.15) is 110 Å². The van der Waals surface area contributed by atoms with Gasteiger partial charge in [-0.1, -0.05) is 64.8 Å². The highest BCUT2D eigenvalue weighted by atomic mass is 16.5. The number of piperidine rings is 1. The van der Waals surface area contributed by atoms with E-state index < -0.39 is 5.60 Å². The Labute approximate surface area is 225 Å². The van der Waals surface area contributed by atoms with Gasteiger partial charge in [0, 0.05) is 12.1 Å². The molecule has 1 aromatic carbocycles. The van der Waals surface area contributed by atoms with E-state index in [9.17, 15) is 0 Å². The summed E-state index contributed by atoms with van der Waals surface area (Å²) in [5.41, 5.74) is 9.34. The van der Waals surface area contributed by atoms with Gasteiger partial charge in [0.25, 0.3) is 0 Å². The standard InChI is InChI=1S/C26H35N5O.C3H8.C2H6/c1-26(2)23(30-22-24(27)28-17-29-25(22)32-26)21-12-10-20(11-13-21)19-8-6-18(7-9-19)16-31-14-4-3-5-15-31;1-3-2;1-2/h10-13,17-19H,3-9,14-16H2,1-2H3,(H2,27,28,29);3H2,1-2H3;1-2H3. The van der Waals surface area contributed by atoms with Crippen molar-refractivity contribution >= 4 is 17.2 Å². The lowest BCUT2D eigenvalue weighted by Gasteiger charge is -2.34. The second-order valence-electron chi connectivity index (χ2n) is 10.9. The van der Waals surface area contributed by atoms with Crippen LogP contribution in [0.5, 0.6) is 5.88 Å². The smallest absolute Gasteiger partial charge is 0.246 e. The first-order chi connectivity index (χ1) is 17.9. The van der Waals surface area contributed by atoms with Crippen LogP contribution in [0.2, 0.25) is 0 Å². The van der Waals surface area contributed by atoms with Crippen LogP contribution >= 0.6 is 0 Å². The van der Waals surface area contributed by atoms with Gasteiger partial charge in [-0.2, -0.15) is 4.98 Å². The Balaban J connectivity index is 0.000000711. The highest BCUT2D eigenvalue weighted by Crippen LogP contribution is 2.40. The second kappa shape index (κ2) is 13.9. The predicted molar refractivity (Wildman–Crippen MR) is 156 cm³/mol. The number of aliphatic imine (C=N–C) groups is 1. The monoisotopic (exact) mass is 507 g/mol. The van der Waals surface area contributed by atoms with E-state index in [0.29, 0.717) is 23.3 Å². The number of benzene rings is 1. The Hall–Kier alpha value is -2.47. The number of nitrogens with zero attached hydrogens (tertiary/aromatic N) is 4. The van der Waals surface area contributed by atoms with Gasteiger partial charge in [-0.3, -0.25) is 0 Å². The van der Waals surface area contributed by atoms with Crippen LogP contribution in [0, 0.1) is 5.92 Å². The predicted octanol–water partition coefficient (Wildman–Crippen LogP) is 7.55. The van der Waals surface area contributed by atoms with Gasteiger partial charge < -0.3 is 15.4 Å². The van der Waals surface area contributed by atoms with Crippen LogP contribution in [0.3, 0.4) is 0 Å². The zero-order chi connectivity index (χ0) is 26.8. The molecule has 5 rings (SSSR count). The molecule has 1 saturated carbocycles. The molecular weight excluding hydrogens is 458 g/mol. The summed E-state index contributed by atoms with van der Waals surface area (Å²) in [5, 5.41) is 0. The van der Waals surface area contributed by atoms with E-state index in [4.69, 9.17) is 15.5 Å². The molecule has 3 aliphatic rings. The summed E-state index contributed by atoms with van der Waals surface area (Å²) in [5.74, 6) is 2.35. The van der Waals surface area contributed by atoms with Crippen molar-refractivity contribution in [1.29, 1.82) is 0 Å². The topological polar surface area (TPSA) is 76.6 Å². The van der Waals surface area contributed by atoms with Gasteiger partial charge in [-0.05, 0) is 82.9 Å². The van der Waals surface area contributed by atoms with E-state index in [0.717, 1.165) is 17.2 Å². The molecule has 2 N–H and O–H groups in total. The normalized spacial score (nSPS) is 22.7. The lowest BCUT2D eigenvalue weighted by Crippen LogP contribution is -2.41. The number of anilines is 1. The molecule has 2 aliphatic heterocycles. The maximum absolute atomic E-state index is 6.12. The third kappa shape index (κ3) is 7.53. The molecule has 0 atom stereocenters. The summed E-state index contributed by atoms with van der Waals surface area (Å²) in [7, 11) is 0. The maximum Gasteiger partial charge on any atom is 0.246 e. The van der Waals surface area contributed by atoms with Crippen LogP contribution < -0.4 is 10.5 Å². The van der Waals surface area contributed by atoms with Crippen LogP contribution in [0.15, 0.2) is 35.6 Å². The average molecular weight is 508 g/mol. The minimum atomic E-state index is -0.582. The fraction of sp³-hybridized carbons (Fsp3) is 0.645. The summed E-state index contributed by atoms with van der Waals surface area (Å²) in [4.78, 5) is 15.8. The number of rotatable bonds is 4. The lowest BCUT2D eigenvalue weighted by atomic mass is 9.78. The molecule has 2 aromatic rings. The van der Waals surface area contributed by atoms with Gasteiger partial charge >= 0.3 is 0 Å². The molecule has 0 unspecified atom stereocenters. The number of aromatic nitrogens is 2. The van der Waals surface area contributed by atoms with Crippen LogP contribution in [0.4, 0.5) is 11.5 Å². The van der Waals surface area contributed by atoms with E-state index in [1.54, 1.807) is 0 Å². The Morgan fingerprint density at radius 3 is 2.19 bits per heavy atom. The number of hydrogen-bond donors (Lipinski definition) is 1. The van der Waals surface area contributed by atoms with Gasteiger partial charge in [0.2, 0.25) is 5.88 Å². The Bertz CT molecular complexity index is 987. The first-order valence-corrected chi connectivity index (χ1v) is 14.6. The third-order valence-electron chi connectivity index (χ3n) is 7.43. The van der Waals surface area contributed by atoms with E-state index in [1.165, 1.54) is 82.9 Å². The van der Waals surface area contributed by atoms with Crippen LogP contribution in [-0.2, 0) is 0 Å². The molecule has 37 heavy (non-hydrogen) atoms. The third-order valence-corrected chi connectivity index (χ3v) is 7.43. The fourth-order valence-corrected chi connectivity index (χ4v) is 5.60. The highest BCUT2D eigenvalue weighted by molar-refractivity contribution is 6.09. The Morgan fingerprint density at radius 2 is 1.57 bits per heavy atom. The van der Waals surface area contributed by atoms with E-state index in [2.05, 4.69) is 53.0 Å². The first-order valence-electron chi connectivity index (χ1n) is 14.6. The molecule has 1 aromatic heterocycles.